The van der Waals surface area contributed by atoms with E-state index in [0.717, 1.165) is 10.7 Å². The van der Waals surface area contributed by atoms with Crippen molar-refractivity contribution in [1.82, 2.24) is 14.9 Å². The third-order valence-corrected chi connectivity index (χ3v) is 3.57. The molecule has 2 N–H and O–H groups in total. The van der Waals surface area contributed by atoms with Gasteiger partial charge in [-0.1, -0.05) is 6.07 Å². The van der Waals surface area contributed by atoms with Crippen molar-refractivity contribution < 1.29 is 9.90 Å². The summed E-state index contributed by atoms with van der Waals surface area (Å²) >= 11 is 1.63. The molecule has 2 aromatic rings. The van der Waals surface area contributed by atoms with Crippen LogP contribution in [-0.4, -0.2) is 27.2 Å². The predicted molar refractivity (Wildman–Crippen MR) is 69.6 cm³/mol. The van der Waals surface area contributed by atoms with Gasteiger partial charge in [0.25, 0.3) is 0 Å². The highest BCUT2D eigenvalue weighted by Crippen LogP contribution is 2.24. The van der Waals surface area contributed by atoms with Crippen LogP contribution in [-0.2, 0) is 11.8 Å². The van der Waals surface area contributed by atoms with Crippen molar-refractivity contribution in [2.45, 2.75) is 12.5 Å². The van der Waals surface area contributed by atoms with Crippen LogP contribution in [0.1, 0.15) is 23.2 Å². The van der Waals surface area contributed by atoms with E-state index in [1.807, 2.05) is 35.3 Å². The molecule has 5 nitrogen and oxygen atoms in total. The summed E-state index contributed by atoms with van der Waals surface area (Å²) in [4.78, 5) is 16.0. The Kier molecular flexibility index (Phi) is 4.11. The highest BCUT2D eigenvalue weighted by atomic mass is 32.1. The SMILES string of the molecule is Cn1ccnc1C(NCCC(=O)O)c1cccs1. The molecule has 0 aliphatic heterocycles. The van der Waals surface area contributed by atoms with Crippen LogP contribution < -0.4 is 5.32 Å². The van der Waals surface area contributed by atoms with Crippen LogP contribution in [0, 0.1) is 0 Å². The summed E-state index contributed by atoms with van der Waals surface area (Å²) in [5.41, 5.74) is 0. The van der Waals surface area contributed by atoms with Gasteiger partial charge < -0.3 is 15.0 Å². The molecule has 0 aliphatic rings. The average Bonchev–Trinajstić information content (AvgIpc) is 2.96. The van der Waals surface area contributed by atoms with E-state index < -0.39 is 5.97 Å². The van der Waals surface area contributed by atoms with Crippen LogP contribution in [0.3, 0.4) is 0 Å². The number of nitrogens with zero attached hydrogens (tertiary/aromatic N) is 2. The lowest BCUT2D eigenvalue weighted by Gasteiger charge is -2.16. The molecule has 6 heteroatoms. The first-order valence-corrected chi connectivity index (χ1v) is 6.52. The number of hydrogen-bond acceptors (Lipinski definition) is 4. The summed E-state index contributed by atoms with van der Waals surface area (Å²) in [6.45, 7) is 0.421. The highest BCUT2D eigenvalue weighted by molar-refractivity contribution is 7.10. The number of thiophene rings is 1. The van der Waals surface area contributed by atoms with E-state index in [4.69, 9.17) is 5.11 Å². The maximum Gasteiger partial charge on any atom is 0.304 e. The number of imidazole rings is 1. The standard InChI is InChI=1S/C12H15N3O2S/c1-15-7-6-14-12(15)11(9-3-2-8-18-9)13-5-4-10(16)17/h2-3,6-8,11,13H,4-5H2,1H3,(H,16,17). The molecule has 0 bridgehead atoms. The van der Waals surface area contributed by atoms with Gasteiger partial charge in [0.15, 0.2) is 0 Å². The average molecular weight is 265 g/mol. The van der Waals surface area contributed by atoms with E-state index in [1.54, 1.807) is 17.5 Å². The van der Waals surface area contributed by atoms with Gasteiger partial charge in [-0.05, 0) is 11.4 Å². The zero-order valence-corrected chi connectivity index (χ0v) is 10.9. The Labute approximate surface area is 109 Å². The van der Waals surface area contributed by atoms with Crippen LogP contribution in [0.5, 0.6) is 0 Å². The summed E-state index contributed by atoms with van der Waals surface area (Å²) in [6.07, 6.45) is 3.73. The molecule has 0 aliphatic carbocycles. The summed E-state index contributed by atoms with van der Waals surface area (Å²) in [5, 5.41) is 13.9. The minimum absolute atomic E-state index is 0.0515. The van der Waals surface area contributed by atoms with Crippen molar-refractivity contribution in [3.05, 3.63) is 40.6 Å². The van der Waals surface area contributed by atoms with Gasteiger partial charge in [0.05, 0.1) is 6.42 Å². The van der Waals surface area contributed by atoms with E-state index in [9.17, 15) is 4.79 Å². The Morgan fingerprint density at radius 1 is 1.67 bits per heavy atom. The topological polar surface area (TPSA) is 67.2 Å². The van der Waals surface area contributed by atoms with Crippen molar-refractivity contribution in [3.63, 3.8) is 0 Å². The molecular weight excluding hydrogens is 250 g/mol. The van der Waals surface area contributed by atoms with Gasteiger partial charge in [-0.3, -0.25) is 4.79 Å². The fourth-order valence-electron chi connectivity index (χ4n) is 1.75. The molecule has 0 saturated carbocycles. The second-order valence-electron chi connectivity index (χ2n) is 3.94. The zero-order chi connectivity index (χ0) is 13.0. The van der Waals surface area contributed by atoms with E-state index >= 15 is 0 Å². The molecule has 0 saturated heterocycles. The van der Waals surface area contributed by atoms with E-state index in [-0.39, 0.29) is 12.5 Å². The monoisotopic (exact) mass is 265 g/mol. The van der Waals surface area contributed by atoms with Gasteiger partial charge in [-0.2, -0.15) is 0 Å². The summed E-state index contributed by atoms with van der Waals surface area (Å²) in [6, 6.07) is 3.96. The van der Waals surface area contributed by atoms with Gasteiger partial charge in [-0.15, -0.1) is 11.3 Å². The molecule has 0 spiro atoms. The molecule has 0 amide bonds. The Balaban J connectivity index is 2.14. The summed E-state index contributed by atoms with van der Waals surface area (Å²) in [7, 11) is 1.93. The minimum Gasteiger partial charge on any atom is -0.481 e. The number of carboxylic acid groups (broad SMARTS) is 1. The van der Waals surface area contributed by atoms with Crippen LogP contribution in [0.4, 0.5) is 0 Å². The van der Waals surface area contributed by atoms with E-state index in [0.29, 0.717) is 6.54 Å². The van der Waals surface area contributed by atoms with Gasteiger partial charge >= 0.3 is 5.97 Å². The Hall–Kier alpha value is -1.66. The molecule has 0 radical (unpaired) electrons. The molecule has 0 fully saturated rings. The number of aromatic nitrogens is 2. The van der Waals surface area contributed by atoms with Gasteiger partial charge in [0.2, 0.25) is 0 Å². The van der Waals surface area contributed by atoms with Crippen molar-refractivity contribution >= 4 is 17.3 Å². The summed E-state index contributed by atoms with van der Waals surface area (Å²) < 4.78 is 1.94. The number of nitrogens with one attached hydrogen (secondary N) is 1. The molecule has 1 atom stereocenters. The van der Waals surface area contributed by atoms with Gasteiger partial charge in [-0.25, -0.2) is 4.98 Å². The first-order chi connectivity index (χ1) is 8.68. The third kappa shape index (κ3) is 2.96. The normalized spacial score (nSPS) is 12.5. The van der Waals surface area contributed by atoms with E-state index in [1.165, 1.54) is 0 Å². The predicted octanol–water partition coefficient (Wildman–Crippen LogP) is 1.64. The molecule has 0 aromatic carbocycles. The molecule has 18 heavy (non-hydrogen) atoms. The number of rotatable bonds is 6. The molecule has 96 valence electrons. The number of carboxylic acids is 1. The zero-order valence-electron chi connectivity index (χ0n) is 10.0. The number of aliphatic carboxylic acids is 1. The number of carbonyl (C=O) groups is 1. The van der Waals surface area contributed by atoms with Crippen molar-refractivity contribution in [3.8, 4) is 0 Å². The lowest BCUT2D eigenvalue weighted by Crippen LogP contribution is -2.26. The lowest BCUT2D eigenvalue weighted by atomic mass is 10.2. The van der Waals surface area contributed by atoms with E-state index in [2.05, 4.69) is 10.3 Å². The Bertz CT molecular complexity index is 507. The molecule has 2 rings (SSSR count). The van der Waals surface area contributed by atoms with Crippen LogP contribution in [0.15, 0.2) is 29.9 Å². The molecule has 2 aromatic heterocycles. The smallest absolute Gasteiger partial charge is 0.304 e. The van der Waals surface area contributed by atoms with Crippen molar-refractivity contribution in [2.24, 2.45) is 7.05 Å². The second kappa shape index (κ2) is 5.79. The van der Waals surface area contributed by atoms with Crippen LogP contribution in [0.25, 0.3) is 0 Å². The lowest BCUT2D eigenvalue weighted by molar-refractivity contribution is -0.136. The van der Waals surface area contributed by atoms with Gasteiger partial charge in [0.1, 0.15) is 11.9 Å². The molecule has 2 heterocycles. The van der Waals surface area contributed by atoms with Gasteiger partial charge in [0, 0.05) is 30.9 Å². The fraction of sp³-hybridized carbons (Fsp3) is 0.333. The minimum atomic E-state index is -0.799. The first-order valence-electron chi connectivity index (χ1n) is 5.64. The first kappa shape index (κ1) is 12.8. The fourth-order valence-corrected chi connectivity index (χ4v) is 2.55. The number of hydrogen-bond donors (Lipinski definition) is 2. The summed E-state index contributed by atoms with van der Waals surface area (Å²) in [5.74, 6) is 0.0927. The van der Waals surface area contributed by atoms with Crippen LogP contribution >= 0.6 is 11.3 Å². The maximum atomic E-state index is 10.6. The maximum absolute atomic E-state index is 10.6. The Morgan fingerprint density at radius 3 is 3.06 bits per heavy atom. The van der Waals surface area contributed by atoms with Crippen molar-refractivity contribution in [2.75, 3.05) is 6.54 Å². The Morgan fingerprint density at radius 2 is 2.50 bits per heavy atom. The largest absolute Gasteiger partial charge is 0.481 e. The molecular formula is C12H15N3O2S. The highest BCUT2D eigenvalue weighted by Gasteiger charge is 2.18. The van der Waals surface area contributed by atoms with Crippen molar-refractivity contribution in [1.29, 1.82) is 0 Å². The third-order valence-electron chi connectivity index (χ3n) is 2.63. The molecule has 1 unspecified atom stereocenters. The van der Waals surface area contributed by atoms with Crippen LogP contribution in [0.2, 0.25) is 0 Å². The number of aryl methyl sites for hydroxylation is 1. The quantitative estimate of drug-likeness (QED) is 0.833. The second-order valence-corrected chi connectivity index (χ2v) is 4.92.